The smallest absolute Gasteiger partial charge is 0.117 e. The quantitative estimate of drug-likeness (QED) is 0.806. The molecule has 2 N–H and O–H groups in total. The molecule has 4 nitrogen and oxygen atoms in total. The molecule has 1 aliphatic rings. The van der Waals surface area contributed by atoms with Gasteiger partial charge in [-0.05, 0) is 12.8 Å². The van der Waals surface area contributed by atoms with Crippen LogP contribution in [0.15, 0.2) is 42.5 Å². The fourth-order valence-electron chi connectivity index (χ4n) is 2.23. The maximum atomic E-state index is 4.24. The minimum atomic E-state index is 0.547. The van der Waals surface area contributed by atoms with Crippen LogP contribution >= 0.6 is 0 Å². The van der Waals surface area contributed by atoms with Crippen molar-refractivity contribution in [1.29, 1.82) is 0 Å². The first-order chi connectivity index (χ1) is 8.93. The Labute approximate surface area is 106 Å². The molecule has 0 atom stereocenters. The predicted molar refractivity (Wildman–Crippen MR) is 70.8 cm³/mol. The topological polar surface area (TPSA) is 53.6 Å². The highest BCUT2D eigenvalue weighted by Gasteiger charge is 2.13. The van der Waals surface area contributed by atoms with E-state index in [1.54, 1.807) is 0 Å². The van der Waals surface area contributed by atoms with Gasteiger partial charge >= 0.3 is 0 Å². The van der Waals surface area contributed by atoms with E-state index >= 15 is 0 Å². The van der Waals surface area contributed by atoms with Crippen LogP contribution in [0.2, 0.25) is 0 Å². The van der Waals surface area contributed by atoms with Crippen LogP contribution < -0.4 is 5.32 Å². The first-order valence-corrected chi connectivity index (χ1v) is 6.27. The van der Waals surface area contributed by atoms with E-state index in [0.717, 1.165) is 36.3 Å². The molecule has 0 amide bonds. The van der Waals surface area contributed by atoms with Gasteiger partial charge in [-0.25, -0.2) is 0 Å². The number of nitrogens with zero attached hydrogens (tertiary/aromatic N) is 2. The Balaban J connectivity index is 1.71. The van der Waals surface area contributed by atoms with E-state index in [0.29, 0.717) is 6.04 Å². The van der Waals surface area contributed by atoms with Crippen LogP contribution in [0.1, 0.15) is 18.5 Å². The molecule has 0 saturated heterocycles. The summed E-state index contributed by atoms with van der Waals surface area (Å²) >= 11 is 0. The molecule has 4 heteroatoms. The number of rotatable bonds is 4. The monoisotopic (exact) mass is 240 g/mol. The van der Waals surface area contributed by atoms with Crippen molar-refractivity contribution in [2.75, 3.05) is 0 Å². The molecule has 1 aliphatic carbocycles. The molecule has 1 aromatic heterocycles. The summed E-state index contributed by atoms with van der Waals surface area (Å²) in [5.41, 5.74) is 3.02. The van der Waals surface area contributed by atoms with Gasteiger partial charge in [0.25, 0.3) is 0 Å². The summed E-state index contributed by atoms with van der Waals surface area (Å²) in [6.45, 7) is 0.757. The van der Waals surface area contributed by atoms with E-state index in [1.165, 1.54) is 0 Å². The van der Waals surface area contributed by atoms with Crippen LogP contribution in [-0.2, 0) is 6.54 Å². The molecule has 18 heavy (non-hydrogen) atoms. The summed E-state index contributed by atoms with van der Waals surface area (Å²) in [5, 5.41) is 14.7. The zero-order valence-electron chi connectivity index (χ0n) is 10.1. The molecule has 3 rings (SSSR count). The Morgan fingerprint density at radius 2 is 1.89 bits per heavy atom. The van der Waals surface area contributed by atoms with Gasteiger partial charge in [0.2, 0.25) is 0 Å². The molecular formula is C14H16N4. The first-order valence-electron chi connectivity index (χ1n) is 6.27. The van der Waals surface area contributed by atoms with Crippen LogP contribution in [0.5, 0.6) is 0 Å². The highest BCUT2D eigenvalue weighted by atomic mass is 15.3. The van der Waals surface area contributed by atoms with E-state index in [9.17, 15) is 0 Å². The van der Waals surface area contributed by atoms with Gasteiger partial charge in [0.05, 0.1) is 0 Å². The van der Waals surface area contributed by atoms with Crippen LogP contribution in [0, 0.1) is 0 Å². The van der Waals surface area contributed by atoms with Crippen molar-refractivity contribution in [2.24, 2.45) is 0 Å². The number of hydrogen-bond acceptors (Lipinski definition) is 3. The second-order valence-corrected chi connectivity index (χ2v) is 4.51. The summed E-state index contributed by atoms with van der Waals surface area (Å²) in [6, 6.07) is 10.7. The van der Waals surface area contributed by atoms with Crippen LogP contribution in [0.3, 0.4) is 0 Å². The Morgan fingerprint density at radius 1 is 1.11 bits per heavy atom. The average Bonchev–Trinajstić information content (AvgIpc) is 3.09. The lowest BCUT2D eigenvalue weighted by Gasteiger charge is -2.10. The molecule has 0 unspecified atom stereocenters. The molecule has 1 heterocycles. The molecule has 0 bridgehead atoms. The molecular weight excluding hydrogens is 224 g/mol. The van der Waals surface area contributed by atoms with Crippen molar-refractivity contribution in [3.63, 3.8) is 0 Å². The van der Waals surface area contributed by atoms with Gasteiger partial charge in [0.1, 0.15) is 11.4 Å². The Morgan fingerprint density at radius 3 is 2.67 bits per heavy atom. The Bertz CT molecular complexity index is 522. The van der Waals surface area contributed by atoms with Crippen molar-refractivity contribution >= 4 is 0 Å². The lowest BCUT2D eigenvalue weighted by atomic mass is 10.1. The number of benzene rings is 1. The highest BCUT2D eigenvalue weighted by Crippen LogP contribution is 2.19. The Hall–Kier alpha value is -1.94. The van der Waals surface area contributed by atoms with Gasteiger partial charge in [-0.1, -0.05) is 42.5 Å². The van der Waals surface area contributed by atoms with Gasteiger partial charge in [0, 0.05) is 18.2 Å². The second kappa shape index (κ2) is 5.14. The Kier molecular flexibility index (Phi) is 3.19. The lowest BCUT2D eigenvalue weighted by molar-refractivity contribution is 0.533. The number of aromatic nitrogens is 3. The fourth-order valence-corrected chi connectivity index (χ4v) is 2.23. The van der Waals surface area contributed by atoms with E-state index in [2.05, 4.69) is 45.0 Å². The maximum absolute atomic E-state index is 4.24. The van der Waals surface area contributed by atoms with Crippen molar-refractivity contribution in [1.82, 2.24) is 20.7 Å². The molecule has 1 aromatic carbocycles. The lowest BCUT2D eigenvalue weighted by Crippen LogP contribution is -2.26. The van der Waals surface area contributed by atoms with Crippen molar-refractivity contribution in [2.45, 2.75) is 25.4 Å². The third kappa shape index (κ3) is 2.33. The van der Waals surface area contributed by atoms with E-state index in [-0.39, 0.29) is 0 Å². The minimum Gasteiger partial charge on any atom is -0.308 e. The van der Waals surface area contributed by atoms with Crippen LogP contribution in [0.4, 0.5) is 0 Å². The molecule has 92 valence electrons. The summed E-state index contributed by atoms with van der Waals surface area (Å²) in [7, 11) is 0. The standard InChI is InChI=1S/C14H16N4/c1-2-6-11(7-3-1)14-13(16-18-17-14)10-15-12-8-4-5-9-12/h1-7,12,15H,8-10H2,(H,16,17,18). The van der Waals surface area contributed by atoms with Crippen molar-refractivity contribution < 1.29 is 0 Å². The zero-order chi connectivity index (χ0) is 12.2. The minimum absolute atomic E-state index is 0.547. The number of nitrogens with one attached hydrogen (secondary N) is 2. The predicted octanol–water partition coefficient (Wildman–Crippen LogP) is 2.28. The van der Waals surface area contributed by atoms with E-state index in [4.69, 9.17) is 0 Å². The van der Waals surface area contributed by atoms with Gasteiger partial charge in [-0.15, -0.1) is 0 Å². The van der Waals surface area contributed by atoms with Gasteiger partial charge in [0.15, 0.2) is 0 Å². The van der Waals surface area contributed by atoms with Crippen molar-refractivity contribution in [3.8, 4) is 11.3 Å². The summed E-state index contributed by atoms with van der Waals surface area (Å²) in [5.74, 6) is 0. The molecule has 0 saturated carbocycles. The summed E-state index contributed by atoms with van der Waals surface area (Å²) < 4.78 is 0. The van der Waals surface area contributed by atoms with E-state index < -0.39 is 0 Å². The molecule has 0 fully saturated rings. The van der Waals surface area contributed by atoms with E-state index in [1.807, 2.05) is 18.2 Å². The van der Waals surface area contributed by atoms with Gasteiger partial charge in [-0.2, -0.15) is 15.4 Å². The van der Waals surface area contributed by atoms with Crippen LogP contribution in [0.25, 0.3) is 11.3 Å². The maximum Gasteiger partial charge on any atom is 0.117 e. The van der Waals surface area contributed by atoms with Gasteiger partial charge in [-0.3, -0.25) is 0 Å². The molecule has 2 aromatic rings. The molecule has 0 spiro atoms. The molecule has 0 aliphatic heterocycles. The SMILES string of the molecule is C1=CCC(NCc2n[nH]nc2-c2ccccc2)C1. The molecule has 0 radical (unpaired) electrons. The number of H-pyrrole nitrogens is 1. The second-order valence-electron chi connectivity index (χ2n) is 4.51. The first kappa shape index (κ1) is 11.2. The highest BCUT2D eigenvalue weighted by molar-refractivity contribution is 5.60. The number of hydrogen-bond donors (Lipinski definition) is 2. The third-order valence-electron chi connectivity index (χ3n) is 3.23. The average molecular weight is 240 g/mol. The summed E-state index contributed by atoms with van der Waals surface area (Å²) in [4.78, 5) is 0. The normalized spacial score (nSPS) is 15.3. The zero-order valence-corrected chi connectivity index (χ0v) is 10.1. The van der Waals surface area contributed by atoms with Gasteiger partial charge < -0.3 is 5.32 Å². The fraction of sp³-hybridized carbons (Fsp3) is 0.286. The number of aromatic amines is 1. The largest absolute Gasteiger partial charge is 0.308 e. The van der Waals surface area contributed by atoms with Crippen LogP contribution in [-0.4, -0.2) is 21.5 Å². The third-order valence-corrected chi connectivity index (χ3v) is 3.23. The summed E-state index contributed by atoms with van der Waals surface area (Å²) in [6.07, 6.45) is 6.66. The van der Waals surface area contributed by atoms with Crippen molar-refractivity contribution in [3.05, 3.63) is 48.2 Å².